The molecule has 0 fully saturated rings. The zero-order valence-corrected chi connectivity index (χ0v) is 15.9. The van der Waals surface area contributed by atoms with Crippen LogP contribution in [0.3, 0.4) is 0 Å². The van der Waals surface area contributed by atoms with Gasteiger partial charge in [0.1, 0.15) is 0 Å². The fourth-order valence-corrected chi connectivity index (χ4v) is 2.89. The van der Waals surface area contributed by atoms with Crippen LogP contribution >= 0.6 is 0 Å². The maximum absolute atomic E-state index is 10.3. The van der Waals surface area contributed by atoms with Gasteiger partial charge in [-0.2, -0.15) is 0 Å². The molecule has 0 aliphatic heterocycles. The average Bonchev–Trinajstić information content (AvgIpc) is 2.57. The number of unbranched alkanes of at least 4 members (excludes halogenated alkanes) is 15. The first-order valence-corrected chi connectivity index (χ1v) is 10.1. The van der Waals surface area contributed by atoms with E-state index in [9.17, 15) is 4.79 Å². The maximum Gasteiger partial charge on any atom is 0.233 e. The highest BCUT2D eigenvalue weighted by atomic mass is 16.7. The van der Waals surface area contributed by atoms with Crippen LogP contribution < -0.4 is 0 Å². The van der Waals surface area contributed by atoms with Gasteiger partial charge in [-0.25, -0.2) is 5.06 Å². The van der Waals surface area contributed by atoms with E-state index in [0.717, 1.165) is 6.42 Å². The van der Waals surface area contributed by atoms with Crippen molar-refractivity contribution in [2.75, 3.05) is 13.7 Å². The molecule has 0 spiro atoms. The Morgan fingerprint density at radius 3 is 1.35 bits per heavy atom. The summed E-state index contributed by atoms with van der Waals surface area (Å²) in [5.41, 5.74) is 0. The summed E-state index contributed by atoms with van der Waals surface area (Å²) in [7, 11) is 1.64. The van der Waals surface area contributed by atoms with Crippen molar-refractivity contribution < 1.29 is 9.63 Å². The molecule has 0 N–H and O–H groups in total. The van der Waals surface area contributed by atoms with Gasteiger partial charge in [0.25, 0.3) is 0 Å². The second-order valence-electron chi connectivity index (χ2n) is 6.79. The molecule has 0 aromatic carbocycles. The molecule has 0 bridgehead atoms. The minimum atomic E-state index is 0.660. The third kappa shape index (κ3) is 19.4. The third-order valence-electron chi connectivity index (χ3n) is 4.44. The van der Waals surface area contributed by atoms with Crippen LogP contribution in [0.4, 0.5) is 0 Å². The maximum atomic E-state index is 10.3. The minimum Gasteiger partial charge on any atom is -0.276 e. The summed E-state index contributed by atoms with van der Waals surface area (Å²) in [6.07, 6.45) is 22.7. The highest BCUT2D eigenvalue weighted by Crippen LogP contribution is 2.13. The highest BCUT2D eigenvalue weighted by molar-refractivity contribution is 5.44. The molecular weight excluding hydrogens is 286 g/mol. The lowest BCUT2D eigenvalue weighted by Crippen LogP contribution is -2.16. The molecule has 138 valence electrons. The molecule has 3 nitrogen and oxygen atoms in total. The zero-order valence-electron chi connectivity index (χ0n) is 15.9. The molecule has 0 unspecified atom stereocenters. The van der Waals surface area contributed by atoms with Gasteiger partial charge in [-0.3, -0.25) is 9.63 Å². The fraction of sp³-hybridized carbons (Fsp3) is 0.950. The van der Waals surface area contributed by atoms with E-state index in [2.05, 4.69) is 6.92 Å². The van der Waals surface area contributed by atoms with Gasteiger partial charge in [-0.1, -0.05) is 103 Å². The van der Waals surface area contributed by atoms with Crippen LogP contribution in [-0.4, -0.2) is 25.1 Å². The second-order valence-corrected chi connectivity index (χ2v) is 6.79. The molecule has 0 aliphatic carbocycles. The summed E-state index contributed by atoms with van der Waals surface area (Å²) < 4.78 is 0. The molecule has 0 heterocycles. The number of carbonyl (C=O) groups excluding carboxylic acids is 1. The van der Waals surface area contributed by atoms with E-state index in [1.54, 1.807) is 7.05 Å². The number of rotatable bonds is 19. The Morgan fingerprint density at radius 2 is 1.00 bits per heavy atom. The summed E-state index contributed by atoms with van der Waals surface area (Å²) in [6.45, 7) is 2.94. The summed E-state index contributed by atoms with van der Waals surface area (Å²) in [4.78, 5) is 15.5. The quantitative estimate of drug-likeness (QED) is 0.159. The van der Waals surface area contributed by atoms with Gasteiger partial charge < -0.3 is 0 Å². The van der Waals surface area contributed by atoms with Gasteiger partial charge in [-0.15, -0.1) is 0 Å². The van der Waals surface area contributed by atoms with E-state index in [4.69, 9.17) is 4.84 Å². The van der Waals surface area contributed by atoms with Gasteiger partial charge in [-0.05, 0) is 6.42 Å². The van der Waals surface area contributed by atoms with Crippen LogP contribution in [0.1, 0.15) is 110 Å². The Morgan fingerprint density at radius 1 is 0.652 bits per heavy atom. The first-order chi connectivity index (χ1) is 11.3. The lowest BCUT2D eigenvalue weighted by Gasteiger charge is -2.09. The van der Waals surface area contributed by atoms with Crippen molar-refractivity contribution in [1.82, 2.24) is 5.06 Å². The van der Waals surface area contributed by atoms with Crippen molar-refractivity contribution in [3.63, 3.8) is 0 Å². The van der Waals surface area contributed by atoms with Crippen LogP contribution in [0.15, 0.2) is 0 Å². The van der Waals surface area contributed by atoms with Gasteiger partial charge >= 0.3 is 0 Å². The highest BCUT2D eigenvalue weighted by Gasteiger charge is 1.96. The smallest absolute Gasteiger partial charge is 0.233 e. The number of hydrogen-bond donors (Lipinski definition) is 0. The molecule has 0 aliphatic rings. The number of amides is 1. The predicted molar refractivity (Wildman–Crippen MR) is 99.3 cm³/mol. The molecule has 0 radical (unpaired) electrons. The van der Waals surface area contributed by atoms with Crippen LogP contribution in [0.2, 0.25) is 0 Å². The fourth-order valence-electron chi connectivity index (χ4n) is 2.89. The SMILES string of the molecule is CCCCCCCCCCCCCCCCCCON(C)C=O. The molecule has 0 rings (SSSR count). The Labute approximate surface area is 145 Å². The third-order valence-corrected chi connectivity index (χ3v) is 4.44. The van der Waals surface area contributed by atoms with Crippen molar-refractivity contribution >= 4 is 6.41 Å². The van der Waals surface area contributed by atoms with Crippen LogP contribution in [0.5, 0.6) is 0 Å². The number of nitrogens with zero attached hydrogens (tertiary/aromatic N) is 1. The molecule has 0 saturated carbocycles. The molecule has 3 heteroatoms. The molecule has 0 atom stereocenters. The van der Waals surface area contributed by atoms with Crippen molar-refractivity contribution in [1.29, 1.82) is 0 Å². The lowest BCUT2D eigenvalue weighted by molar-refractivity contribution is -0.163. The van der Waals surface area contributed by atoms with Crippen LogP contribution in [0, 0.1) is 0 Å². The van der Waals surface area contributed by atoms with Gasteiger partial charge in [0, 0.05) is 7.05 Å². The zero-order chi connectivity index (χ0) is 17.0. The molecule has 23 heavy (non-hydrogen) atoms. The Bertz CT molecular complexity index is 234. The summed E-state index contributed by atoms with van der Waals surface area (Å²) >= 11 is 0. The van der Waals surface area contributed by atoms with E-state index in [1.165, 1.54) is 101 Å². The van der Waals surface area contributed by atoms with Crippen molar-refractivity contribution in [2.45, 2.75) is 110 Å². The van der Waals surface area contributed by atoms with Crippen LogP contribution in [-0.2, 0) is 9.63 Å². The first kappa shape index (κ1) is 22.4. The van der Waals surface area contributed by atoms with E-state index >= 15 is 0 Å². The number of hydroxylamine groups is 2. The Hall–Kier alpha value is -0.570. The second kappa shape index (κ2) is 19.5. The van der Waals surface area contributed by atoms with Gasteiger partial charge in [0.05, 0.1) is 6.61 Å². The van der Waals surface area contributed by atoms with Gasteiger partial charge in [0.2, 0.25) is 6.41 Å². The van der Waals surface area contributed by atoms with Crippen molar-refractivity contribution in [2.24, 2.45) is 0 Å². The minimum absolute atomic E-state index is 0.660. The predicted octanol–water partition coefficient (Wildman–Crippen LogP) is 6.27. The summed E-state index contributed by atoms with van der Waals surface area (Å²) in [5, 5.41) is 1.24. The monoisotopic (exact) mass is 327 g/mol. The molecular formula is C20H41NO2. The molecule has 0 aromatic heterocycles. The Balaban J connectivity index is 2.99. The number of carbonyl (C=O) groups is 1. The average molecular weight is 328 g/mol. The molecule has 1 amide bonds. The van der Waals surface area contributed by atoms with E-state index in [0.29, 0.717) is 13.0 Å². The van der Waals surface area contributed by atoms with E-state index in [-0.39, 0.29) is 0 Å². The van der Waals surface area contributed by atoms with E-state index in [1.807, 2.05) is 0 Å². The Kier molecular flexibility index (Phi) is 19.0. The number of hydrogen-bond acceptors (Lipinski definition) is 2. The topological polar surface area (TPSA) is 29.5 Å². The standard InChI is InChI=1S/C20H41NO2/c1-3-4-5-6-7-8-9-10-11-12-13-14-15-16-17-18-19-23-21(2)20-22/h20H,3-19H2,1-2H3. The molecule has 0 aromatic rings. The summed E-state index contributed by atoms with van der Waals surface area (Å²) in [6, 6.07) is 0. The summed E-state index contributed by atoms with van der Waals surface area (Å²) in [5.74, 6) is 0. The van der Waals surface area contributed by atoms with Crippen molar-refractivity contribution in [3.05, 3.63) is 0 Å². The largest absolute Gasteiger partial charge is 0.276 e. The van der Waals surface area contributed by atoms with Crippen LogP contribution in [0.25, 0.3) is 0 Å². The van der Waals surface area contributed by atoms with E-state index < -0.39 is 0 Å². The lowest BCUT2D eigenvalue weighted by atomic mass is 10.0. The van der Waals surface area contributed by atoms with Gasteiger partial charge in [0.15, 0.2) is 0 Å². The first-order valence-electron chi connectivity index (χ1n) is 10.1. The van der Waals surface area contributed by atoms with Crippen molar-refractivity contribution in [3.8, 4) is 0 Å². The normalized spacial score (nSPS) is 10.9. The molecule has 0 saturated heterocycles.